The van der Waals surface area contributed by atoms with Crippen molar-refractivity contribution >= 4 is 23.5 Å². The van der Waals surface area contributed by atoms with Crippen molar-refractivity contribution in [1.29, 1.82) is 0 Å². The number of carbonyl (C=O) groups is 3. The van der Waals surface area contributed by atoms with E-state index in [0.29, 0.717) is 17.2 Å². The molecule has 2 amide bonds. The van der Waals surface area contributed by atoms with Gasteiger partial charge in [0, 0.05) is 28.9 Å². The number of carboxylic acids is 1. The van der Waals surface area contributed by atoms with Crippen molar-refractivity contribution in [2.24, 2.45) is 0 Å². The number of hydrogen-bond donors (Lipinski definition) is 3. The molecule has 0 saturated heterocycles. The number of rotatable bonds is 12. The summed E-state index contributed by atoms with van der Waals surface area (Å²) in [6.07, 6.45) is -5.24. The predicted octanol–water partition coefficient (Wildman–Crippen LogP) is 8.05. The first-order valence-corrected chi connectivity index (χ1v) is 16.7. The van der Waals surface area contributed by atoms with Gasteiger partial charge in [-0.3, -0.25) is 19.5 Å². The summed E-state index contributed by atoms with van der Waals surface area (Å²) in [5, 5.41) is 19.4. The number of alkyl halides is 3. The number of H-pyrrole nitrogens is 1. The molecule has 10 nitrogen and oxygen atoms in total. The maximum atomic E-state index is 13.6. The van der Waals surface area contributed by atoms with E-state index >= 15 is 0 Å². The topological polar surface area (TPSA) is 138 Å². The Morgan fingerprint density at radius 2 is 1.43 bits per heavy atom. The van der Waals surface area contributed by atoms with E-state index in [1.54, 1.807) is 24.3 Å². The van der Waals surface area contributed by atoms with Crippen LogP contribution in [0, 0.1) is 6.92 Å². The van der Waals surface area contributed by atoms with Crippen molar-refractivity contribution in [3.8, 4) is 39.7 Å². The van der Waals surface area contributed by atoms with Gasteiger partial charge in [0.1, 0.15) is 12.3 Å². The van der Waals surface area contributed by atoms with Gasteiger partial charge in [0.25, 0.3) is 5.91 Å². The lowest BCUT2D eigenvalue weighted by Crippen LogP contribution is -2.35. The second-order valence-electron chi connectivity index (χ2n) is 12.5. The molecule has 0 spiro atoms. The SMILES string of the molecule is COc1ccc(CC(=O)Nc2ccc(C(=O)N(CC(=O)O)Cc3ccc(-c4nc(-c5ccc(-c6ccc(C)cc6)cc5)n[nH]4)cc3)cc2)c(C(F)(F)F)c1. The first-order valence-electron chi connectivity index (χ1n) is 16.7. The Morgan fingerprint density at radius 1 is 0.815 bits per heavy atom. The summed E-state index contributed by atoms with van der Waals surface area (Å²) < 4.78 is 45.6. The molecule has 0 atom stereocenters. The summed E-state index contributed by atoms with van der Waals surface area (Å²) in [7, 11) is 1.25. The smallest absolute Gasteiger partial charge is 0.416 e. The number of methoxy groups -OCH3 is 1. The van der Waals surface area contributed by atoms with E-state index in [1.165, 1.54) is 54.0 Å². The van der Waals surface area contributed by atoms with Crippen molar-refractivity contribution in [2.75, 3.05) is 19.0 Å². The number of ether oxygens (including phenoxy) is 1. The molecule has 0 aliphatic heterocycles. The normalized spacial score (nSPS) is 11.2. The highest BCUT2D eigenvalue weighted by molar-refractivity contribution is 5.97. The fourth-order valence-corrected chi connectivity index (χ4v) is 5.79. The molecule has 5 aromatic carbocycles. The quantitative estimate of drug-likeness (QED) is 0.116. The van der Waals surface area contributed by atoms with Gasteiger partial charge in [0.2, 0.25) is 5.91 Å². The van der Waals surface area contributed by atoms with Gasteiger partial charge in [-0.1, -0.05) is 84.4 Å². The summed E-state index contributed by atoms with van der Waals surface area (Å²) in [4.78, 5) is 43.6. The second kappa shape index (κ2) is 15.9. The number of amides is 2. The van der Waals surface area contributed by atoms with E-state index in [9.17, 15) is 32.7 Å². The Balaban J connectivity index is 1.09. The van der Waals surface area contributed by atoms with Crippen LogP contribution < -0.4 is 10.1 Å². The van der Waals surface area contributed by atoms with Gasteiger partial charge in [0.15, 0.2) is 11.6 Å². The number of aromatic nitrogens is 3. The highest BCUT2D eigenvalue weighted by atomic mass is 19.4. The lowest BCUT2D eigenvalue weighted by Gasteiger charge is -2.21. The first kappa shape index (κ1) is 37.0. The van der Waals surface area contributed by atoms with Gasteiger partial charge in [-0.2, -0.15) is 18.3 Å². The third-order valence-electron chi connectivity index (χ3n) is 8.62. The minimum atomic E-state index is -4.69. The second-order valence-corrected chi connectivity index (χ2v) is 12.5. The van der Waals surface area contributed by atoms with Crippen molar-refractivity contribution in [3.63, 3.8) is 0 Å². The lowest BCUT2D eigenvalue weighted by molar-refractivity contribution is -0.139. The summed E-state index contributed by atoms with van der Waals surface area (Å²) in [5.41, 5.74) is 4.83. The molecule has 6 aromatic rings. The number of benzene rings is 5. The number of hydrogen-bond acceptors (Lipinski definition) is 6. The average Bonchev–Trinajstić information content (AvgIpc) is 3.65. The van der Waals surface area contributed by atoms with Crippen LogP contribution in [0.2, 0.25) is 0 Å². The van der Waals surface area contributed by atoms with Crippen molar-refractivity contribution in [2.45, 2.75) is 26.1 Å². The zero-order valence-corrected chi connectivity index (χ0v) is 29.1. The van der Waals surface area contributed by atoms with E-state index in [4.69, 9.17) is 4.74 Å². The van der Waals surface area contributed by atoms with Crippen LogP contribution >= 0.6 is 0 Å². The monoisotopic (exact) mass is 733 g/mol. The van der Waals surface area contributed by atoms with Gasteiger partial charge in [0.05, 0.1) is 19.1 Å². The number of halogens is 3. The molecule has 54 heavy (non-hydrogen) atoms. The summed E-state index contributed by atoms with van der Waals surface area (Å²) in [6.45, 7) is 1.46. The maximum absolute atomic E-state index is 13.6. The molecule has 0 aliphatic carbocycles. The highest BCUT2D eigenvalue weighted by Crippen LogP contribution is 2.35. The van der Waals surface area contributed by atoms with Crippen molar-refractivity contribution in [3.05, 3.63) is 143 Å². The standard InChI is InChI=1S/C41H34F3N5O5/c1-25-3-7-27(8-4-25)28-11-13-30(14-12-28)39-46-38(47-48-39)29-9-5-26(6-10-29)23-49(24-37(51)52)40(53)31-15-18-33(19-16-31)45-36(50)21-32-17-20-34(54-2)22-35(32)41(42,43)44/h3-20,22H,21,23-24H2,1-2H3,(H,45,50)(H,51,52)(H,46,47,48). The number of aliphatic carboxylic acids is 1. The van der Waals surface area contributed by atoms with Crippen LogP contribution in [0.3, 0.4) is 0 Å². The summed E-state index contributed by atoms with van der Waals surface area (Å²) in [5.74, 6) is -1.40. The van der Waals surface area contributed by atoms with Crippen LogP contribution in [-0.4, -0.2) is 56.6 Å². The Bertz CT molecular complexity index is 2270. The Kier molecular flexibility index (Phi) is 10.9. The molecular formula is C41H34F3N5O5. The number of nitrogens with zero attached hydrogens (tertiary/aromatic N) is 3. The average molecular weight is 734 g/mol. The molecule has 3 N–H and O–H groups in total. The van der Waals surface area contributed by atoms with E-state index in [2.05, 4.69) is 44.8 Å². The van der Waals surface area contributed by atoms with Crippen LogP contribution in [0.5, 0.6) is 5.75 Å². The number of aryl methyl sites for hydroxylation is 1. The van der Waals surface area contributed by atoms with E-state index in [1.807, 2.05) is 31.2 Å². The molecule has 13 heteroatoms. The first-order chi connectivity index (χ1) is 25.9. The third-order valence-corrected chi connectivity index (χ3v) is 8.62. The molecular weight excluding hydrogens is 699 g/mol. The predicted molar refractivity (Wildman–Crippen MR) is 197 cm³/mol. The molecule has 1 aromatic heterocycles. The van der Waals surface area contributed by atoms with Gasteiger partial charge in [-0.05, 0) is 65.6 Å². The minimum absolute atomic E-state index is 0.0116. The van der Waals surface area contributed by atoms with Crippen LogP contribution in [-0.2, 0) is 28.7 Å². The maximum Gasteiger partial charge on any atom is 0.416 e. The zero-order valence-electron chi connectivity index (χ0n) is 29.1. The fraction of sp³-hybridized carbons (Fsp3) is 0.146. The zero-order chi connectivity index (χ0) is 38.4. The molecule has 0 aliphatic rings. The number of carboxylic acid groups (broad SMARTS) is 1. The third kappa shape index (κ3) is 8.99. The van der Waals surface area contributed by atoms with E-state index in [-0.39, 0.29) is 29.1 Å². The van der Waals surface area contributed by atoms with Crippen LogP contribution in [0.1, 0.15) is 32.6 Å². The molecule has 6 rings (SSSR count). The number of nitrogens with one attached hydrogen (secondary N) is 2. The van der Waals surface area contributed by atoms with Crippen LogP contribution in [0.25, 0.3) is 33.9 Å². The molecule has 0 bridgehead atoms. The number of aromatic amines is 1. The molecule has 274 valence electrons. The van der Waals surface area contributed by atoms with Gasteiger partial charge < -0.3 is 20.1 Å². The molecule has 0 unspecified atom stereocenters. The summed E-state index contributed by atoms with van der Waals surface area (Å²) in [6, 6.07) is 32.4. The van der Waals surface area contributed by atoms with Gasteiger partial charge in [-0.15, -0.1) is 0 Å². The van der Waals surface area contributed by atoms with Gasteiger partial charge in [-0.25, -0.2) is 4.98 Å². The fourth-order valence-electron chi connectivity index (χ4n) is 5.79. The minimum Gasteiger partial charge on any atom is -0.497 e. The highest BCUT2D eigenvalue weighted by Gasteiger charge is 2.34. The Morgan fingerprint density at radius 3 is 2.04 bits per heavy atom. The van der Waals surface area contributed by atoms with Gasteiger partial charge >= 0.3 is 12.1 Å². The lowest BCUT2D eigenvalue weighted by atomic mass is 10.0. The van der Waals surface area contributed by atoms with Crippen molar-refractivity contribution < 1.29 is 37.4 Å². The largest absolute Gasteiger partial charge is 0.497 e. The van der Waals surface area contributed by atoms with E-state index in [0.717, 1.165) is 28.3 Å². The Labute approximate surface area is 308 Å². The summed E-state index contributed by atoms with van der Waals surface area (Å²) >= 11 is 0. The number of carbonyl (C=O) groups excluding carboxylic acids is 2. The van der Waals surface area contributed by atoms with Crippen LogP contribution in [0.4, 0.5) is 18.9 Å². The molecule has 0 radical (unpaired) electrons. The van der Waals surface area contributed by atoms with Crippen molar-refractivity contribution in [1.82, 2.24) is 20.1 Å². The molecule has 0 fully saturated rings. The molecule has 1 heterocycles. The number of anilines is 1. The van der Waals surface area contributed by atoms with E-state index < -0.39 is 42.5 Å². The Hall–Kier alpha value is -6.76. The van der Waals surface area contributed by atoms with Crippen LogP contribution in [0.15, 0.2) is 115 Å². The molecule has 0 saturated carbocycles.